The molecule has 0 spiro atoms. The van der Waals surface area contributed by atoms with E-state index in [1.165, 1.54) is 29.5 Å². The first-order chi connectivity index (χ1) is 9.16. The second-order valence-electron chi connectivity index (χ2n) is 5.96. The molecule has 1 amide bonds. The van der Waals surface area contributed by atoms with Gasteiger partial charge in [-0.05, 0) is 68.8 Å². The quantitative estimate of drug-likeness (QED) is 0.856. The van der Waals surface area contributed by atoms with Gasteiger partial charge < -0.3 is 10.6 Å². The van der Waals surface area contributed by atoms with Gasteiger partial charge in [-0.3, -0.25) is 4.79 Å². The van der Waals surface area contributed by atoms with Crippen molar-refractivity contribution in [2.24, 2.45) is 5.92 Å². The van der Waals surface area contributed by atoms with Crippen LogP contribution in [0.2, 0.25) is 0 Å². The summed E-state index contributed by atoms with van der Waals surface area (Å²) >= 11 is 0. The van der Waals surface area contributed by atoms with Gasteiger partial charge in [-0.1, -0.05) is 12.1 Å². The molecule has 3 rings (SSSR count). The summed E-state index contributed by atoms with van der Waals surface area (Å²) in [7, 11) is 0. The van der Waals surface area contributed by atoms with Crippen LogP contribution in [0, 0.1) is 19.8 Å². The highest BCUT2D eigenvalue weighted by atomic mass is 16.2. The van der Waals surface area contributed by atoms with E-state index in [0.717, 1.165) is 25.2 Å². The van der Waals surface area contributed by atoms with Crippen LogP contribution in [0.1, 0.15) is 41.9 Å². The van der Waals surface area contributed by atoms with E-state index in [2.05, 4.69) is 36.6 Å². The van der Waals surface area contributed by atoms with E-state index < -0.39 is 0 Å². The van der Waals surface area contributed by atoms with E-state index in [0.29, 0.717) is 5.92 Å². The second-order valence-corrected chi connectivity index (χ2v) is 5.96. The van der Waals surface area contributed by atoms with Crippen LogP contribution in [0.25, 0.3) is 0 Å². The predicted molar refractivity (Wildman–Crippen MR) is 77.5 cm³/mol. The molecule has 1 fully saturated rings. The smallest absolute Gasteiger partial charge is 0.232 e. The Hall–Kier alpha value is -1.35. The molecule has 1 saturated heterocycles. The van der Waals surface area contributed by atoms with Crippen LogP contribution in [-0.4, -0.2) is 19.0 Å². The number of aryl methyl sites for hydroxylation is 1. The highest BCUT2D eigenvalue weighted by Gasteiger charge is 2.33. The molecule has 2 atom stereocenters. The van der Waals surface area contributed by atoms with Crippen molar-refractivity contribution in [1.29, 1.82) is 0 Å². The number of benzene rings is 1. The molecule has 0 radical (unpaired) electrons. The van der Waals surface area contributed by atoms with Crippen LogP contribution in [-0.2, 0) is 4.79 Å². The third-order valence-corrected chi connectivity index (χ3v) is 4.68. The Labute approximate surface area is 114 Å². The van der Waals surface area contributed by atoms with E-state index in [-0.39, 0.29) is 11.8 Å². The maximum absolute atomic E-state index is 12.2. The van der Waals surface area contributed by atoms with Gasteiger partial charge in [0.15, 0.2) is 0 Å². The van der Waals surface area contributed by atoms with E-state index in [1.807, 2.05) is 0 Å². The summed E-state index contributed by atoms with van der Waals surface area (Å²) in [5.74, 6) is 0.880. The Morgan fingerprint density at radius 2 is 2.16 bits per heavy atom. The summed E-state index contributed by atoms with van der Waals surface area (Å²) in [6, 6.07) is 4.27. The van der Waals surface area contributed by atoms with Gasteiger partial charge in [0.05, 0.1) is 5.92 Å². The Balaban J connectivity index is 1.84. The van der Waals surface area contributed by atoms with Gasteiger partial charge in [-0.15, -0.1) is 0 Å². The van der Waals surface area contributed by atoms with Gasteiger partial charge in [0.25, 0.3) is 0 Å². The lowest BCUT2D eigenvalue weighted by molar-refractivity contribution is -0.117. The van der Waals surface area contributed by atoms with Crippen LogP contribution in [0.5, 0.6) is 0 Å². The van der Waals surface area contributed by atoms with Gasteiger partial charge in [0, 0.05) is 5.69 Å². The minimum absolute atomic E-state index is 0.0548. The van der Waals surface area contributed by atoms with Crippen LogP contribution in [0.15, 0.2) is 12.1 Å². The molecule has 1 aromatic carbocycles. The van der Waals surface area contributed by atoms with Gasteiger partial charge in [0.1, 0.15) is 0 Å². The highest BCUT2D eigenvalue weighted by molar-refractivity contribution is 6.03. The fourth-order valence-corrected chi connectivity index (χ4v) is 3.34. The number of carbonyl (C=O) groups excluding carboxylic acids is 1. The van der Waals surface area contributed by atoms with Crippen LogP contribution in [0.3, 0.4) is 0 Å². The average molecular weight is 258 g/mol. The van der Waals surface area contributed by atoms with E-state index in [1.54, 1.807) is 0 Å². The van der Waals surface area contributed by atoms with Crippen molar-refractivity contribution in [3.05, 3.63) is 28.8 Å². The first-order valence-electron chi connectivity index (χ1n) is 7.28. The standard InChI is InChI=1S/C16H22N2O/c1-10-5-6-13-14(8-12-4-3-7-17-9-12)16(19)18-15(13)11(10)2/h5-6,12,14,17H,3-4,7-9H2,1-2H3,(H,18,19). The number of rotatable bonds is 2. The van der Waals surface area contributed by atoms with Crippen molar-refractivity contribution in [1.82, 2.24) is 5.32 Å². The summed E-state index contributed by atoms with van der Waals surface area (Å²) in [5, 5.41) is 6.52. The molecule has 3 heteroatoms. The third-order valence-electron chi connectivity index (χ3n) is 4.68. The number of carbonyl (C=O) groups is 1. The lowest BCUT2D eigenvalue weighted by atomic mass is 9.85. The Morgan fingerprint density at radius 1 is 1.32 bits per heavy atom. The summed E-state index contributed by atoms with van der Waals surface area (Å²) in [4.78, 5) is 12.2. The van der Waals surface area contributed by atoms with Crippen molar-refractivity contribution in [2.45, 2.75) is 39.0 Å². The molecule has 0 saturated carbocycles. The first-order valence-corrected chi connectivity index (χ1v) is 7.28. The van der Waals surface area contributed by atoms with E-state index >= 15 is 0 Å². The number of anilines is 1. The zero-order valence-corrected chi connectivity index (χ0v) is 11.8. The zero-order chi connectivity index (χ0) is 13.4. The molecular weight excluding hydrogens is 236 g/mol. The molecule has 2 N–H and O–H groups in total. The zero-order valence-electron chi connectivity index (χ0n) is 11.8. The molecule has 2 aliphatic rings. The number of piperidine rings is 1. The summed E-state index contributed by atoms with van der Waals surface area (Å²) in [6.07, 6.45) is 3.46. The minimum Gasteiger partial charge on any atom is -0.325 e. The summed E-state index contributed by atoms with van der Waals surface area (Å²) in [5.41, 5.74) is 4.74. The summed E-state index contributed by atoms with van der Waals surface area (Å²) < 4.78 is 0. The molecule has 3 nitrogen and oxygen atoms in total. The van der Waals surface area contributed by atoms with Crippen molar-refractivity contribution in [2.75, 3.05) is 18.4 Å². The molecular formula is C16H22N2O. The highest BCUT2D eigenvalue weighted by Crippen LogP contribution is 2.40. The number of amides is 1. The molecule has 0 aliphatic carbocycles. The van der Waals surface area contributed by atoms with Gasteiger partial charge in [-0.2, -0.15) is 0 Å². The number of nitrogens with one attached hydrogen (secondary N) is 2. The Kier molecular flexibility index (Phi) is 3.31. The normalized spacial score (nSPS) is 26.1. The Morgan fingerprint density at radius 3 is 2.89 bits per heavy atom. The molecule has 2 aliphatic heterocycles. The van der Waals surface area contributed by atoms with Crippen molar-refractivity contribution >= 4 is 11.6 Å². The minimum atomic E-state index is 0.0548. The Bertz CT molecular complexity index is 504. The number of hydrogen-bond acceptors (Lipinski definition) is 2. The van der Waals surface area contributed by atoms with Crippen molar-refractivity contribution in [3.63, 3.8) is 0 Å². The van der Waals surface area contributed by atoms with Gasteiger partial charge in [0.2, 0.25) is 5.91 Å². The predicted octanol–water partition coefficient (Wildman–Crippen LogP) is 2.73. The first kappa shape index (κ1) is 12.7. The molecule has 102 valence electrons. The van der Waals surface area contributed by atoms with Gasteiger partial charge >= 0.3 is 0 Å². The monoisotopic (exact) mass is 258 g/mol. The van der Waals surface area contributed by atoms with Crippen molar-refractivity contribution < 1.29 is 4.79 Å². The SMILES string of the molecule is Cc1ccc2c(c1C)NC(=O)C2CC1CCCNC1. The molecule has 2 unspecified atom stereocenters. The lowest BCUT2D eigenvalue weighted by Crippen LogP contribution is -2.31. The fourth-order valence-electron chi connectivity index (χ4n) is 3.34. The molecule has 0 aromatic heterocycles. The molecule has 2 heterocycles. The maximum Gasteiger partial charge on any atom is 0.232 e. The average Bonchev–Trinajstić information content (AvgIpc) is 2.73. The lowest BCUT2D eigenvalue weighted by Gasteiger charge is -2.24. The van der Waals surface area contributed by atoms with Gasteiger partial charge in [-0.25, -0.2) is 0 Å². The molecule has 19 heavy (non-hydrogen) atoms. The van der Waals surface area contributed by atoms with Crippen LogP contribution in [0.4, 0.5) is 5.69 Å². The third kappa shape index (κ3) is 2.27. The largest absolute Gasteiger partial charge is 0.325 e. The molecule has 1 aromatic rings. The maximum atomic E-state index is 12.2. The topological polar surface area (TPSA) is 41.1 Å². The van der Waals surface area contributed by atoms with Crippen molar-refractivity contribution in [3.8, 4) is 0 Å². The summed E-state index contributed by atoms with van der Waals surface area (Å²) in [6.45, 7) is 6.38. The fraction of sp³-hybridized carbons (Fsp3) is 0.562. The van der Waals surface area contributed by atoms with E-state index in [9.17, 15) is 4.79 Å². The van der Waals surface area contributed by atoms with Crippen LogP contribution >= 0.6 is 0 Å². The van der Waals surface area contributed by atoms with E-state index in [4.69, 9.17) is 0 Å². The second kappa shape index (κ2) is 4.97. The molecule has 0 bridgehead atoms. The van der Waals surface area contributed by atoms with Crippen LogP contribution < -0.4 is 10.6 Å². The number of hydrogen-bond donors (Lipinski definition) is 2. The number of fused-ring (bicyclic) bond motifs is 1.